The molecule has 11 nitrogen and oxygen atoms in total. The van der Waals surface area contributed by atoms with Gasteiger partial charge in [-0.1, -0.05) is 35.5 Å². The van der Waals surface area contributed by atoms with Crippen molar-refractivity contribution in [1.29, 1.82) is 0 Å². The van der Waals surface area contributed by atoms with Gasteiger partial charge in [0.1, 0.15) is 12.4 Å². The van der Waals surface area contributed by atoms with Crippen LogP contribution in [0.25, 0.3) is 16.8 Å². The van der Waals surface area contributed by atoms with E-state index in [2.05, 4.69) is 75.2 Å². The first-order valence-corrected chi connectivity index (χ1v) is 17.6. The van der Waals surface area contributed by atoms with E-state index in [1.54, 1.807) is 4.90 Å². The smallest absolute Gasteiger partial charge is 0.318 e. The number of fused-ring (bicyclic) bond motifs is 3. The Morgan fingerprint density at radius 1 is 1.10 bits per heavy atom. The van der Waals surface area contributed by atoms with Crippen molar-refractivity contribution in [3.05, 3.63) is 71.0 Å². The summed E-state index contributed by atoms with van der Waals surface area (Å²) in [6, 6.07) is 13.4. The van der Waals surface area contributed by atoms with Gasteiger partial charge in [0.25, 0.3) is 5.89 Å². The minimum absolute atomic E-state index is 0.0862. The maximum absolute atomic E-state index is 12.8. The van der Waals surface area contributed by atoms with Crippen molar-refractivity contribution in [3.8, 4) is 6.01 Å². The SMILES string of the molecule is Cc1cccc2cccc(N3CCc4c(nc(OCC56CCCN5CCC6)nc4N(C)CC4CN(C(=O)/C=C/c5nc(C(F)F)no5)C4)C3)c12. The van der Waals surface area contributed by atoms with E-state index in [0.717, 1.165) is 56.0 Å². The number of alkyl halides is 2. The molecule has 0 N–H and O–H groups in total. The van der Waals surface area contributed by atoms with Gasteiger partial charge in [-0.2, -0.15) is 15.0 Å². The van der Waals surface area contributed by atoms with Gasteiger partial charge in [0.15, 0.2) is 0 Å². The van der Waals surface area contributed by atoms with Crippen molar-refractivity contribution in [2.45, 2.75) is 57.5 Å². The van der Waals surface area contributed by atoms with Crippen molar-refractivity contribution in [2.75, 3.05) is 62.7 Å². The Hall–Kier alpha value is -4.65. The van der Waals surface area contributed by atoms with Crippen LogP contribution in [0, 0.1) is 12.8 Å². The molecule has 2 aromatic heterocycles. The molecule has 0 bridgehead atoms. The molecule has 262 valence electrons. The quantitative estimate of drug-likeness (QED) is 0.201. The summed E-state index contributed by atoms with van der Waals surface area (Å²) in [5, 5.41) is 5.73. The highest BCUT2D eigenvalue weighted by Gasteiger charge is 2.45. The van der Waals surface area contributed by atoms with Crippen LogP contribution in [0.2, 0.25) is 0 Å². The van der Waals surface area contributed by atoms with E-state index in [4.69, 9.17) is 19.2 Å². The molecule has 0 aliphatic carbocycles. The summed E-state index contributed by atoms with van der Waals surface area (Å²) in [6.45, 7) is 8.40. The van der Waals surface area contributed by atoms with Crippen molar-refractivity contribution in [2.24, 2.45) is 5.92 Å². The third kappa shape index (κ3) is 6.16. The van der Waals surface area contributed by atoms with Gasteiger partial charge in [-0.15, -0.1) is 0 Å². The van der Waals surface area contributed by atoms with Crippen LogP contribution in [-0.2, 0) is 17.8 Å². The van der Waals surface area contributed by atoms with E-state index < -0.39 is 12.2 Å². The molecule has 0 radical (unpaired) electrons. The van der Waals surface area contributed by atoms with Crippen LogP contribution < -0.4 is 14.5 Å². The molecule has 0 saturated carbocycles. The van der Waals surface area contributed by atoms with Crippen molar-refractivity contribution in [3.63, 3.8) is 0 Å². The lowest BCUT2D eigenvalue weighted by atomic mass is 9.95. The normalized spacial score (nSPS) is 19.0. The zero-order valence-corrected chi connectivity index (χ0v) is 28.5. The van der Waals surface area contributed by atoms with E-state index >= 15 is 0 Å². The number of carbonyl (C=O) groups is 1. The molecule has 3 saturated heterocycles. The number of rotatable bonds is 10. The minimum atomic E-state index is -2.83. The average molecular weight is 685 g/mol. The molecule has 8 rings (SSSR count). The van der Waals surface area contributed by atoms with Crippen LogP contribution in [-0.4, -0.2) is 94.3 Å². The first-order chi connectivity index (χ1) is 24.3. The number of benzene rings is 2. The number of aryl methyl sites for hydroxylation is 1. The third-order valence-electron chi connectivity index (χ3n) is 10.9. The molecule has 1 amide bonds. The number of carbonyl (C=O) groups excluding carboxylic acids is 1. The van der Waals surface area contributed by atoms with Crippen molar-refractivity contribution in [1.82, 2.24) is 29.9 Å². The zero-order valence-electron chi connectivity index (χ0n) is 28.5. The lowest BCUT2D eigenvalue weighted by Crippen LogP contribution is -2.53. The van der Waals surface area contributed by atoms with E-state index in [-0.39, 0.29) is 23.3 Å². The third-order valence-corrected chi connectivity index (χ3v) is 10.9. The summed E-state index contributed by atoms with van der Waals surface area (Å²) in [5.41, 5.74) is 4.70. The standard InChI is InChI=1S/C37H42F2N8O3/c1-24-7-3-8-26-9-4-10-29(32(24)26)45-18-13-27-28(22-45)40-36(49-23-37-14-5-16-47(37)17-6-15-37)42-35(27)44(2)19-25-20-46(21-25)31(48)12-11-30-41-34(33(38)39)43-50-30/h3-4,7-12,25,33H,5-6,13-23H2,1-2H3/b12-11+. The summed E-state index contributed by atoms with van der Waals surface area (Å²) < 4.78 is 36.8. The fraction of sp³-hybridized carbons (Fsp3) is 0.486. The highest BCUT2D eigenvalue weighted by atomic mass is 19.3. The van der Waals surface area contributed by atoms with E-state index in [0.29, 0.717) is 38.8 Å². The summed E-state index contributed by atoms with van der Waals surface area (Å²) in [6.07, 6.45) is 5.24. The average Bonchev–Trinajstić information content (AvgIpc) is 3.84. The summed E-state index contributed by atoms with van der Waals surface area (Å²) >= 11 is 0. The van der Waals surface area contributed by atoms with Gasteiger partial charge in [0, 0.05) is 67.9 Å². The molecule has 4 aromatic rings. The number of halogens is 2. The monoisotopic (exact) mass is 684 g/mol. The van der Waals surface area contributed by atoms with Gasteiger partial charge in [-0.3, -0.25) is 9.69 Å². The van der Waals surface area contributed by atoms with Gasteiger partial charge >= 0.3 is 12.4 Å². The topological polar surface area (TPSA) is 104 Å². The molecular formula is C37H42F2N8O3. The molecule has 50 heavy (non-hydrogen) atoms. The number of amides is 1. The zero-order chi connectivity index (χ0) is 34.4. The number of aromatic nitrogens is 4. The number of likely N-dealkylation sites (tertiary alicyclic amines) is 1. The van der Waals surface area contributed by atoms with E-state index in [1.807, 2.05) is 0 Å². The Morgan fingerprint density at radius 3 is 2.64 bits per heavy atom. The second-order valence-corrected chi connectivity index (χ2v) is 14.2. The van der Waals surface area contributed by atoms with Crippen LogP contribution in [0.3, 0.4) is 0 Å². The van der Waals surface area contributed by atoms with Crippen LogP contribution in [0.4, 0.5) is 20.3 Å². The Bertz CT molecular complexity index is 1910. The van der Waals surface area contributed by atoms with Gasteiger partial charge < -0.3 is 24.0 Å². The highest BCUT2D eigenvalue weighted by Crippen LogP contribution is 2.40. The van der Waals surface area contributed by atoms with Crippen LogP contribution in [0.1, 0.15) is 60.6 Å². The number of nitrogens with zero attached hydrogens (tertiary/aromatic N) is 8. The second-order valence-electron chi connectivity index (χ2n) is 14.2. The Morgan fingerprint density at radius 2 is 1.88 bits per heavy atom. The summed E-state index contributed by atoms with van der Waals surface area (Å²) in [4.78, 5) is 35.4. The fourth-order valence-electron chi connectivity index (χ4n) is 8.39. The second kappa shape index (κ2) is 13.2. The lowest BCUT2D eigenvalue weighted by molar-refractivity contribution is -0.131. The molecule has 2 aromatic carbocycles. The lowest BCUT2D eigenvalue weighted by Gasteiger charge is -2.41. The van der Waals surface area contributed by atoms with Crippen molar-refractivity contribution >= 4 is 34.3 Å². The number of ether oxygens (including phenoxy) is 1. The maximum atomic E-state index is 12.8. The first-order valence-electron chi connectivity index (χ1n) is 17.6. The highest BCUT2D eigenvalue weighted by molar-refractivity contribution is 5.97. The van der Waals surface area contributed by atoms with Gasteiger partial charge in [0.2, 0.25) is 11.7 Å². The summed E-state index contributed by atoms with van der Waals surface area (Å²) in [5.74, 6) is 0.0806. The number of hydrogen-bond donors (Lipinski definition) is 0. The maximum Gasteiger partial charge on any atom is 0.318 e. The molecule has 0 spiro atoms. The Kier molecular flexibility index (Phi) is 8.62. The van der Waals surface area contributed by atoms with E-state index in [1.165, 1.54) is 47.0 Å². The van der Waals surface area contributed by atoms with Crippen molar-refractivity contribution < 1.29 is 22.8 Å². The van der Waals surface area contributed by atoms with Gasteiger partial charge in [-0.25, -0.2) is 8.78 Å². The van der Waals surface area contributed by atoms with Crippen LogP contribution >= 0.6 is 0 Å². The molecule has 4 aliphatic rings. The van der Waals surface area contributed by atoms with Crippen LogP contribution in [0.15, 0.2) is 47.0 Å². The molecule has 3 fully saturated rings. The molecule has 0 atom stereocenters. The fourth-order valence-corrected chi connectivity index (χ4v) is 8.39. The molecular weight excluding hydrogens is 642 g/mol. The summed E-state index contributed by atoms with van der Waals surface area (Å²) in [7, 11) is 2.06. The predicted octanol–water partition coefficient (Wildman–Crippen LogP) is 5.44. The van der Waals surface area contributed by atoms with Gasteiger partial charge in [-0.05, 0) is 69.1 Å². The molecule has 13 heteroatoms. The molecule has 0 unspecified atom stereocenters. The molecule has 4 aliphatic heterocycles. The Labute approximate surface area is 289 Å². The number of anilines is 2. The largest absolute Gasteiger partial charge is 0.461 e. The predicted molar refractivity (Wildman–Crippen MR) is 185 cm³/mol. The number of hydrogen-bond acceptors (Lipinski definition) is 10. The van der Waals surface area contributed by atoms with E-state index in [9.17, 15) is 13.6 Å². The first kappa shape index (κ1) is 32.5. The Balaban J connectivity index is 0.997. The van der Waals surface area contributed by atoms with Crippen LogP contribution in [0.5, 0.6) is 6.01 Å². The minimum Gasteiger partial charge on any atom is -0.461 e. The van der Waals surface area contributed by atoms with Gasteiger partial charge in [0.05, 0.1) is 17.8 Å². The molecule has 6 heterocycles.